The molecule has 1 fully saturated rings. The SMILES string of the molecule is CCC1CCN(c2cc(Cl)c(F)cc2N)CC1. The lowest BCUT2D eigenvalue weighted by Crippen LogP contribution is -2.34. The quantitative estimate of drug-likeness (QED) is 0.818. The number of hydrogen-bond donors (Lipinski definition) is 1. The summed E-state index contributed by atoms with van der Waals surface area (Å²) in [5.41, 5.74) is 7.19. The zero-order valence-corrected chi connectivity index (χ0v) is 10.8. The first-order valence-corrected chi connectivity index (χ1v) is 6.49. The van der Waals surface area contributed by atoms with Gasteiger partial charge in [0.25, 0.3) is 0 Å². The Hall–Kier alpha value is -0.960. The first-order chi connectivity index (χ1) is 8.11. The summed E-state index contributed by atoms with van der Waals surface area (Å²) >= 11 is 5.80. The van der Waals surface area contributed by atoms with E-state index in [2.05, 4.69) is 11.8 Å². The third kappa shape index (κ3) is 2.65. The number of rotatable bonds is 2. The Kier molecular flexibility index (Phi) is 3.77. The van der Waals surface area contributed by atoms with Crippen LogP contribution < -0.4 is 10.6 Å². The molecule has 0 aliphatic carbocycles. The van der Waals surface area contributed by atoms with Crippen molar-refractivity contribution in [2.75, 3.05) is 23.7 Å². The van der Waals surface area contributed by atoms with Crippen molar-refractivity contribution in [3.05, 3.63) is 23.0 Å². The molecule has 0 saturated carbocycles. The van der Waals surface area contributed by atoms with Gasteiger partial charge in [-0.25, -0.2) is 4.39 Å². The standard InChI is InChI=1S/C13H18ClFN2/c1-2-9-3-5-17(6-4-9)13-7-10(14)11(15)8-12(13)16/h7-9H,2-6,16H2,1H3. The smallest absolute Gasteiger partial charge is 0.143 e. The Labute approximate surface area is 107 Å². The Morgan fingerprint density at radius 2 is 2.06 bits per heavy atom. The van der Waals surface area contributed by atoms with Crippen LogP contribution in [0.15, 0.2) is 12.1 Å². The van der Waals surface area contributed by atoms with Crippen molar-refractivity contribution in [1.29, 1.82) is 0 Å². The lowest BCUT2D eigenvalue weighted by Gasteiger charge is -2.34. The van der Waals surface area contributed by atoms with Crippen molar-refractivity contribution in [2.24, 2.45) is 5.92 Å². The van der Waals surface area contributed by atoms with Gasteiger partial charge in [0.2, 0.25) is 0 Å². The Balaban J connectivity index is 2.16. The molecule has 0 unspecified atom stereocenters. The topological polar surface area (TPSA) is 29.3 Å². The van der Waals surface area contributed by atoms with Crippen LogP contribution in [-0.2, 0) is 0 Å². The van der Waals surface area contributed by atoms with E-state index in [1.54, 1.807) is 6.07 Å². The number of nitrogens with zero attached hydrogens (tertiary/aromatic N) is 1. The minimum absolute atomic E-state index is 0.145. The van der Waals surface area contributed by atoms with Crippen molar-refractivity contribution in [3.8, 4) is 0 Å². The monoisotopic (exact) mass is 256 g/mol. The number of hydrogen-bond acceptors (Lipinski definition) is 2. The van der Waals surface area contributed by atoms with E-state index < -0.39 is 5.82 Å². The van der Waals surface area contributed by atoms with Gasteiger partial charge in [-0.3, -0.25) is 0 Å². The van der Waals surface area contributed by atoms with Crippen LogP contribution in [0.4, 0.5) is 15.8 Å². The fourth-order valence-corrected chi connectivity index (χ4v) is 2.57. The molecule has 0 atom stereocenters. The van der Waals surface area contributed by atoms with Crippen LogP contribution in [0.25, 0.3) is 0 Å². The van der Waals surface area contributed by atoms with E-state index in [4.69, 9.17) is 17.3 Å². The van der Waals surface area contributed by atoms with Crippen LogP contribution >= 0.6 is 11.6 Å². The molecule has 94 valence electrons. The highest BCUT2D eigenvalue weighted by Gasteiger charge is 2.20. The van der Waals surface area contributed by atoms with Crippen LogP contribution in [0.2, 0.25) is 5.02 Å². The summed E-state index contributed by atoms with van der Waals surface area (Å²) in [7, 11) is 0. The average Bonchev–Trinajstić information content (AvgIpc) is 2.34. The van der Waals surface area contributed by atoms with E-state index in [0.29, 0.717) is 5.69 Å². The molecular formula is C13H18ClFN2. The first kappa shape index (κ1) is 12.5. The van der Waals surface area contributed by atoms with E-state index in [9.17, 15) is 4.39 Å². The van der Waals surface area contributed by atoms with Gasteiger partial charge < -0.3 is 10.6 Å². The van der Waals surface area contributed by atoms with Crippen LogP contribution in [0.5, 0.6) is 0 Å². The molecule has 0 radical (unpaired) electrons. The van der Waals surface area contributed by atoms with Crippen LogP contribution in [0, 0.1) is 11.7 Å². The average molecular weight is 257 g/mol. The molecule has 1 aliphatic rings. The molecule has 2 rings (SSSR count). The van der Waals surface area contributed by atoms with Gasteiger partial charge in [0.1, 0.15) is 5.82 Å². The van der Waals surface area contributed by atoms with E-state index in [0.717, 1.165) is 24.7 Å². The molecule has 1 aromatic carbocycles. The summed E-state index contributed by atoms with van der Waals surface area (Å²) in [4.78, 5) is 2.20. The third-order valence-corrected chi connectivity index (χ3v) is 3.89. The van der Waals surface area contributed by atoms with E-state index in [1.807, 2.05) is 0 Å². The molecule has 1 saturated heterocycles. The number of benzene rings is 1. The molecule has 0 spiro atoms. The van der Waals surface area contributed by atoms with Gasteiger partial charge in [0.05, 0.1) is 16.4 Å². The summed E-state index contributed by atoms with van der Waals surface area (Å²) in [6, 6.07) is 2.95. The van der Waals surface area contributed by atoms with Gasteiger partial charge in [-0.1, -0.05) is 24.9 Å². The van der Waals surface area contributed by atoms with Gasteiger partial charge in [-0.2, -0.15) is 0 Å². The minimum Gasteiger partial charge on any atom is -0.397 e. The molecular weight excluding hydrogens is 239 g/mol. The Morgan fingerprint density at radius 1 is 1.41 bits per heavy atom. The van der Waals surface area contributed by atoms with Crippen molar-refractivity contribution < 1.29 is 4.39 Å². The number of piperidine rings is 1. The number of halogens is 2. The number of nitrogen functional groups attached to an aromatic ring is 1. The lowest BCUT2D eigenvalue weighted by molar-refractivity contribution is 0.395. The Morgan fingerprint density at radius 3 is 2.65 bits per heavy atom. The third-order valence-electron chi connectivity index (χ3n) is 3.60. The van der Waals surface area contributed by atoms with Crippen molar-refractivity contribution in [1.82, 2.24) is 0 Å². The fourth-order valence-electron chi connectivity index (χ4n) is 2.41. The first-order valence-electron chi connectivity index (χ1n) is 6.11. The van der Waals surface area contributed by atoms with Crippen LogP contribution in [0.3, 0.4) is 0 Å². The van der Waals surface area contributed by atoms with Gasteiger partial charge in [-0.05, 0) is 24.8 Å². The Bertz CT molecular complexity index is 401. The van der Waals surface area contributed by atoms with Gasteiger partial charge in [-0.15, -0.1) is 0 Å². The minimum atomic E-state index is -0.448. The highest BCUT2D eigenvalue weighted by Crippen LogP contribution is 2.32. The maximum absolute atomic E-state index is 13.2. The molecule has 1 aromatic rings. The van der Waals surface area contributed by atoms with Gasteiger partial charge in [0, 0.05) is 19.2 Å². The predicted octanol–water partition coefficient (Wildman–Crippen LogP) is 3.69. The summed E-state index contributed by atoms with van der Waals surface area (Å²) in [5.74, 6) is 0.361. The van der Waals surface area contributed by atoms with Crippen molar-refractivity contribution >= 4 is 23.0 Å². The predicted molar refractivity (Wildman–Crippen MR) is 71.1 cm³/mol. The molecule has 1 aliphatic heterocycles. The molecule has 0 bridgehead atoms. The normalized spacial score (nSPS) is 17.5. The van der Waals surface area contributed by atoms with E-state index >= 15 is 0 Å². The molecule has 17 heavy (non-hydrogen) atoms. The van der Waals surface area contributed by atoms with E-state index in [1.165, 1.54) is 25.3 Å². The van der Waals surface area contributed by atoms with Crippen LogP contribution in [0.1, 0.15) is 26.2 Å². The molecule has 1 heterocycles. The summed E-state index contributed by atoms with van der Waals surface area (Å²) < 4.78 is 13.2. The van der Waals surface area contributed by atoms with E-state index in [-0.39, 0.29) is 5.02 Å². The maximum Gasteiger partial charge on any atom is 0.143 e. The number of anilines is 2. The highest BCUT2D eigenvalue weighted by atomic mass is 35.5. The van der Waals surface area contributed by atoms with Crippen LogP contribution in [-0.4, -0.2) is 13.1 Å². The van der Waals surface area contributed by atoms with Crippen molar-refractivity contribution in [3.63, 3.8) is 0 Å². The maximum atomic E-state index is 13.2. The summed E-state index contributed by atoms with van der Waals surface area (Å²) in [6.45, 7) is 4.18. The largest absolute Gasteiger partial charge is 0.397 e. The molecule has 4 heteroatoms. The number of nitrogens with two attached hydrogens (primary N) is 1. The summed E-state index contributed by atoms with van der Waals surface area (Å²) in [6.07, 6.45) is 3.57. The second-order valence-corrected chi connectivity index (χ2v) is 5.07. The highest BCUT2D eigenvalue weighted by molar-refractivity contribution is 6.31. The molecule has 0 aromatic heterocycles. The van der Waals surface area contributed by atoms with Crippen molar-refractivity contribution in [2.45, 2.75) is 26.2 Å². The zero-order chi connectivity index (χ0) is 12.4. The summed E-state index contributed by atoms with van der Waals surface area (Å²) in [5, 5.41) is 0.145. The molecule has 2 N–H and O–H groups in total. The lowest BCUT2D eigenvalue weighted by atomic mass is 9.94. The molecule has 0 amide bonds. The second kappa shape index (κ2) is 5.13. The fraction of sp³-hybridized carbons (Fsp3) is 0.538. The van der Waals surface area contributed by atoms with Gasteiger partial charge in [0.15, 0.2) is 0 Å². The van der Waals surface area contributed by atoms with Gasteiger partial charge >= 0.3 is 0 Å². The molecule has 2 nitrogen and oxygen atoms in total. The zero-order valence-electron chi connectivity index (χ0n) is 10.0. The second-order valence-electron chi connectivity index (χ2n) is 4.66.